The van der Waals surface area contributed by atoms with Crippen LogP contribution in [0.5, 0.6) is 0 Å². The quantitative estimate of drug-likeness (QED) is 0.453. The van der Waals surface area contributed by atoms with Crippen molar-refractivity contribution in [3.05, 3.63) is 73.3 Å². The molecular formula is C17H16O2. The monoisotopic (exact) mass is 252 g/mol. The van der Waals surface area contributed by atoms with Gasteiger partial charge in [0.2, 0.25) is 0 Å². The van der Waals surface area contributed by atoms with Gasteiger partial charge in [-0.25, -0.2) is 4.79 Å². The van der Waals surface area contributed by atoms with Crippen molar-refractivity contribution in [2.45, 2.75) is 12.5 Å². The van der Waals surface area contributed by atoms with Crippen LogP contribution in [0.1, 0.15) is 18.1 Å². The molecule has 0 aromatic heterocycles. The third-order valence-corrected chi connectivity index (χ3v) is 2.98. The Morgan fingerprint density at radius 1 is 1.16 bits per heavy atom. The highest BCUT2D eigenvalue weighted by molar-refractivity contribution is 5.87. The molecule has 0 aliphatic rings. The van der Waals surface area contributed by atoms with Crippen molar-refractivity contribution in [1.82, 2.24) is 0 Å². The maximum absolute atomic E-state index is 11.4. The maximum atomic E-state index is 11.4. The second-order valence-corrected chi connectivity index (χ2v) is 4.22. The molecule has 2 rings (SSSR count). The molecule has 0 saturated heterocycles. The number of ether oxygens (including phenoxy) is 1. The number of hydrogen-bond acceptors (Lipinski definition) is 2. The lowest BCUT2D eigenvalue weighted by molar-refractivity contribution is -0.143. The minimum atomic E-state index is -0.417. The zero-order valence-electron chi connectivity index (χ0n) is 10.7. The van der Waals surface area contributed by atoms with E-state index in [4.69, 9.17) is 4.74 Å². The largest absolute Gasteiger partial charge is 0.454 e. The number of carbonyl (C=O) groups excluding carboxylic acids is 1. The number of carbonyl (C=O) groups is 1. The summed E-state index contributed by atoms with van der Waals surface area (Å²) in [4.78, 5) is 11.4. The van der Waals surface area contributed by atoms with Crippen molar-refractivity contribution in [3.63, 3.8) is 0 Å². The second-order valence-electron chi connectivity index (χ2n) is 4.22. The zero-order valence-corrected chi connectivity index (χ0v) is 10.7. The van der Waals surface area contributed by atoms with Crippen molar-refractivity contribution >= 4 is 16.7 Å². The lowest BCUT2D eigenvalue weighted by atomic mass is 9.98. The summed E-state index contributed by atoms with van der Waals surface area (Å²) in [6.45, 7) is 7.15. The Balaban J connectivity index is 2.46. The van der Waals surface area contributed by atoms with Crippen LogP contribution < -0.4 is 0 Å². The van der Waals surface area contributed by atoms with E-state index in [-0.39, 0.29) is 6.10 Å². The van der Waals surface area contributed by atoms with Gasteiger partial charge >= 0.3 is 5.97 Å². The molecule has 2 aromatic carbocycles. The van der Waals surface area contributed by atoms with Crippen LogP contribution in [0.15, 0.2) is 67.8 Å². The van der Waals surface area contributed by atoms with E-state index in [0.717, 1.165) is 16.3 Å². The van der Waals surface area contributed by atoms with Crippen molar-refractivity contribution in [3.8, 4) is 0 Å². The first-order valence-electron chi connectivity index (χ1n) is 6.18. The van der Waals surface area contributed by atoms with Gasteiger partial charge in [-0.05, 0) is 10.8 Å². The molecular weight excluding hydrogens is 236 g/mol. The summed E-state index contributed by atoms with van der Waals surface area (Å²) in [5.74, 6) is -0.417. The molecule has 19 heavy (non-hydrogen) atoms. The van der Waals surface area contributed by atoms with E-state index >= 15 is 0 Å². The van der Waals surface area contributed by atoms with E-state index in [1.165, 1.54) is 6.08 Å². The van der Waals surface area contributed by atoms with Gasteiger partial charge in [0.25, 0.3) is 0 Å². The standard InChI is InChI=1S/C17H16O2/c1-3-8-16(19-17(18)4-2)15-12-7-10-13-9-5-6-11-14(13)15/h3-7,9-12,16H,1-2,8H2. The Bertz CT molecular complexity index is 608. The fourth-order valence-electron chi connectivity index (χ4n) is 2.11. The van der Waals surface area contributed by atoms with Crippen molar-refractivity contribution < 1.29 is 9.53 Å². The van der Waals surface area contributed by atoms with Crippen LogP contribution in [0.4, 0.5) is 0 Å². The highest BCUT2D eigenvalue weighted by Gasteiger charge is 2.16. The molecule has 0 aliphatic heterocycles. The SMILES string of the molecule is C=CCC(OC(=O)C=C)c1cccc2ccccc12. The molecule has 0 saturated carbocycles. The number of rotatable bonds is 5. The lowest BCUT2D eigenvalue weighted by Gasteiger charge is -2.17. The van der Waals surface area contributed by atoms with E-state index < -0.39 is 5.97 Å². The van der Waals surface area contributed by atoms with Crippen molar-refractivity contribution in [2.75, 3.05) is 0 Å². The minimum Gasteiger partial charge on any atom is -0.454 e. The fraction of sp³-hybridized carbons (Fsp3) is 0.118. The highest BCUT2D eigenvalue weighted by atomic mass is 16.5. The first-order chi connectivity index (χ1) is 9.26. The molecule has 0 fully saturated rings. The number of esters is 1. The molecule has 0 bridgehead atoms. The third-order valence-electron chi connectivity index (χ3n) is 2.98. The molecule has 96 valence electrons. The Kier molecular flexibility index (Phi) is 4.14. The average molecular weight is 252 g/mol. The Morgan fingerprint density at radius 3 is 2.63 bits per heavy atom. The molecule has 2 heteroatoms. The van der Waals surface area contributed by atoms with Gasteiger partial charge in [0.1, 0.15) is 6.10 Å². The van der Waals surface area contributed by atoms with E-state index in [1.807, 2.05) is 42.5 Å². The van der Waals surface area contributed by atoms with Crippen LogP contribution in [0.3, 0.4) is 0 Å². The normalized spacial score (nSPS) is 11.8. The molecule has 1 atom stereocenters. The van der Waals surface area contributed by atoms with Crippen molar-refractivity contribution in [2.24, 2.45) is 0 Å². The predicted octanol–water partition coefficient (Wildman–Crippen LogP) is 4.19. The number of hydrogen-bond donors (Lipinski definition) is 0. The Hall–Kier alpha value is -2.35. The Labute approximate surface area is 113 Å². The molecule has 0 N–H and O–H groups in total. The van der Waals surface area contributed by atoms with Gasteiger partial charge in [-0.2, -0.15) is 0 Å². The van der Waals surface area contributed by atoms with Crippen LogP contribution in [-0.4, -0.2) is 5.97 Å². The van der Waals surface area contributed by atoms with Gasteiger partial charge in [-0.15, -0.1) is 6.58 Å². The van der Waals surface area contributed by atoms with Crippen LogP contribution in [0.2, 0.25) is 0 Å². The smallest absolute Gasteiger partial charge is 0.330 e. The van der Waals surface area contributed by atoms with Crippen molar-refractivity contribution in [1.29, 1.82) is 0 Å². The highest BCUT2D eigenvalue weighted by Crippen LogP contribution is 2.29. The number of benzene rings is 2. The van der Waals surface area contributed by atoms with E-state index in [9.17, 15) is 4.79 Å². The summed E-state index contributed by atoms with van der Waals surface area (Å²) in [5.41, 5.74) is 0.994. The maximum Gasteiger partial charge on any atom is 0.330 e. The molecule has 1 unspecified atom stereocenters. The minimum absolute atomic E-state index is 0.325. The van der Waals surface area contributed by atoms with Gasteiger partial charge in [0, 0.05) is 18.1 Å². The summed E-state index contributed by atoms with van der Waals surface area (Å²) < 4.78 is 5.41. The van der Waals surface area contributed by atoms with E-state index in [1.54, 1.807) is 6.08 Å². The van der Waals surface area contributed by atoms with E-state index in [0.29, 0.717) is 6.42 Å². The zero-order chi connectivity index (χ0) is 13.7. The molecule has 0 aliphatic carbocycles. The average Bonchev–Trinajstić information content (AvgIpc) is 2.46. The molecule has 0 radical (unpaired) electrons. The summed E-state index contributed by atoms with van der Waals surface area (Å²) >= 11 is 0. The predicted molar refractivity (Wildman–Crippen MR) is 77.8 cm³/mol. The first kappa shape index (κ1) is 13.1. The molecule has 0 heterocycles. The van der Waals surface area contributed by atoms with Crippen LogP contribution in [-0.2, 0) is 9.53 Å². The van der Waals surface area contributed by atoms with Gasteiger partial charge in [-0.1, -0.05) is 55.1 Å². The molecule has 0 spiro atoms. The fourth-order valence-corrected chi connectivity index (χ4v) is 2.11. The number of fused-ring (bicyclic) bond motifs is 1. The first-order valence-corrected chi connectivity index (χ1v) is 6.18. The van der Waals surface area contributed by atoms with Gasteiger partial charge in [0.05, 0.1) is 0 Å². The summed E-state index contributed by atoms with van der Waals surface area (Å²) in [6.07, 6.45) is 3.19. The van der Waals surface area contributed by atoms with Gasteiger partial charge in [0.15, 0.2) is 0 Å². The molecule has 2 aromatic rings. The van der Waals surface area contributed by atoms with E-state index in [2.05, 4.69) is 13.2 Å². The summed E-state index contributed by atoms with van der Waals surface area (Å²) in [5, 5.41) is 2.22. The summed E-state index contributed by atoms with van der Waals surface area (Å²) in [7, 11) is 0. The van der Waals surface area contributed by atoms with Crippen LogP contribution >= 0.6 is 0 Å². The molecule has 0 amide bonds. The van der Waals surface area contributed by atoms with Gasteiger partial charge in [-0.3, -0.25) is 0 Å². The third kappa shape index (κ3) is 2.91. The Morgan fingerprint density at radius 2 is 1.89 bits per heavy atom. The van der Waals surface area contributed by atoms with Crippen LogP contribution in [0.25, 0.3) is 10.8 Å². The topological polar surface area (TPSA) is 26.3 Å². The van der Waals surface area contributed by atoms with Gasteiger partial charge < -0.3 is 4.74 Å². The molecule has 2 nitrogen and oxygen atoms in total. The second kappa shape index (κ2) is 6.01. The lowest BCUT2D eigenvalue weighted by Crippen LogP contribution is -2.09. The van der Waals surface area contributed by atoms with Crippen LogP contribution in [0, 0.1) is 0 Å². The summed E-state index contributed by atoms with van der Waals surface area (Å²) in [6, 6.07) is 14.0.